The Bertz CT molecular complexity index is 400. The lowest BCUT2D eigenvalue weighted by molar-refractivity contribution is 0.162. The van der Waals surface area contributed by atoms with Crippen molar-refractivity contribution in [1.29, 1.82) is 0 Å². The van der Waals surface area contributed by atoms with Gasteiger partial charge >= 0.3 is 6.03 Å². The van der Waals surface area contributed by atoms with E-state index in [0.29, 0.717) is 5.92 Å². The van der Waals surface area contributed by atoms with E-state index in [1.165, 1.54) is 0 Å². The SMILES string of the molecule is CC1CCN(C(=O)NC(CO)c2ccccc2)CC1. The van der Waals surface area contributed by atoms with Gasteiger partial charge in [0.25, 0.3) is 0 Å². The molecule has 4 heteroatoms. The van der Waals surface area contributed by atoms with Crippen LogP contribution >= 0.6 is 0 Å². The molecule has 0 spiro atoms. The van der Waals surface area contributed by atoms with Crippen LogP contribution in [0.5, 0.6) is 0 Å². The number of nitrogens with one attached hydrogen (secondary N) is 1. The number of piperidine rings is 1. The molecule has 1 aromatic carbocycles. The number of nitrogens with zero attached hydrogens (tertiary/aromatic N) is 1. The molecule has 1 aromatic rings. The predicted molar refractivity (Wildman–Crippen MR) is 74.8 cm³/mol. The molecule has 1 atom stereocenters. The molecule has 1 aliphatic rings. The number of likely N-dealkylation sites (tertiary alicyclic amines) is 1. The van der Waals surface area contributed by atoms with E-state index in [-0.39, 0.29) is 18.7 Å². The Morgan fingerprint density at radius 2 is 2.00 bits per heavy atom. The molecule has 19 heavy (non-hydrogen) atoms. The lowest BCUT2D eigenvalue weighted by atomic mass is 9.99. The number of urea groups is 1. The third-order valence-corrected chi connectivity index (χ3v) is 3.75. The lowest BCUT2D eigenvalue weighted by Crippen LogP contribution is -2.45. The number of hydrogen-bond donors (Lipinski definition) is 2. The average Bonchev–Trinajstić information content (AvgIpc) is 2.46. The molecule has 1 heterocycles. The second kappa shape index (κ2) is 6.57. The van der Waals surface area contributed by atoms with E-state index in [4.69, 9.17) is 0 Å². The van der Waals surface area contributed by atoms with Gasteiger partial charge in [-0.05, 0) is 24.3 Å². The molecule has 1 aliphatic heterocycles. The Morgan fingerprint density at radius 3 is 2.58 bits per heavy atom. The van der Waals surface area contributed by atoms with E-state index < -0.39 is 0 Å². The van der Waals surface area contributed by atoms with Crippen LogP contribution < -0.4 is 5.32 Å². The number of benzene rings is 1. The highest BCUT2D eigenvalue weighted by Crippen LogP contribution is 2.17. The normalized spacial score (nSPS) is 18.1. The van der Waals surface area contributed by atoms with Crippen LogP contribution in [0, 0.1) is 5.92 Å². The molecule has 0 aromatic heterocycles. The molecule has 0 aliphatic carbocycles. The zero-order valence-corrected chi connectivity index (χ0v) is 11.4. The van der Waals surface area contributed by atoms with E-state index in [0.717, 1.165) is 31.5 Å². The summed E-state index contributed by atoms with van der Waals surface area (Å²) in [5.41, 5.74) is 0.934. The quantitative estimate of drug-likeness (QED) is 0.877. The fourth-order valence-electron chi connectivity index (χ4n) is 2.37. The third kappa shape index (κ3) is 3.70. The van der Waals surface area contributed by atoms with Gasteiger partial charge in [-0.2, -0.15) is 0 Å². The van der Waals surface area contributed by atoms with Crippen molar-refractivity contribution in [2.24, 2.45) is 5.92 Å². The molecule has 0 bridgehead atoms. The first-order valence-electron chi connectivity index (χ1n) is 6.92. The minimum absolute atomic E-state index is 0.0743. The van der Waals surface area contributed by atoms with Gasteiger partial charge in [0.05, 0.1) is 12.6 Å². The molecular weight excluding hydrogens is 240 g/mol. The van der Waals surface area contributed by atoms with Crippen molar-refractivity contribution >= 4 is 6.03 Å². The number of amides is 2. The van der Waals surface area contributed by atoms with Gasteiger partial charge in [0.1, 0.15) is 0 Å². The van der Waals surface area contributed by atoms with Gasteiger partial charge < -0.3 is 15.3 Å². The van der Waals surface area contributed by atoms with Crippen molar-refractivity contribution in [3.05, 3.63) is 35.9 Å². The van der Waals surface area contributed by atoms with Crippen LogP contribution in [-0.4, -0.2) is 35.7 Å². The fraction of sp³-hybridized carbons (Fsp3) is 0.533. The molecule has 2 N–H and O–H groups in total. The molecule has 0 saturated carbocycles. The van der Waals surface area contributed by atoms with Crippen molar-refractivity contribution in [3.8, 4) is 0 Å². The number of rotatable bonds is 3. The summed E-state index contributed by atoms with van der Waals surface area (Å²) >= 11 is 0. The topological polar surface area (TPSA) is 52.6 Å². The van der Waals surface area contributed by atoms with E-state index in [1.807, 2.05) is 35.2 Å². The number of aliphatic hydroxyl groups excluding tert-OH is 1. The zero-order valence-electron chi connectivity index (χ0n) is 11.4. The van der Waals surface area contributed by atoms with E-state index in [9.17, 15) is 9.90 Å². The van der Waals surface area contributed by atoms with Crippen molar-refractivity contribution in [2.45, 2.75) is 25.8 Å². The van der Waals surface area contributed by atoms with Gasteiger partial charge in [-0.25, -0.2) is 4.79 Å². The standard InChI is InChI=1S/C15H22N2O2/c1-12-7-9-17(10-8-12)15(19)16-14(11-18)13-5-3-2-4-6-13/h2-6,12,14,18H,7-11H2,1H3,(H,16,19). The van der Waals surface area contributed by atoms with Gasteiger partial charge in [-0.15, -0.1) is 0 Å². The summed E-state index contributed by atoms with van der Waals surface area (Å²) in [4.78, 5) is 14.0. The van der Waals surface area contributed by atoms with Crippen LogP contribution in [0.4, 0.5) is 4.79 Å². The molecule has 104 valence electrons. The minimum atomic E-state index is -0.326. The summed E-state index contributed by atoms with van der Waals surface area (Å²) in [5, 5.41) is 12.3. The van der Waals surface area contributed by atoms with Gasteiger partial charge in [0, 0.05) is 13.1 Å². The number of hydrogen-bond acceptors (Lipinski definition) is 2. The highest BCUT2D eigenvalue weighted by molar-refractivity contribution is 5.74. The van der Waals surface area contributed by atoms with Crippen LogP contribution in [-0.2, 0) is 0 Å². The Hall–Kier alpha value is -1.55. The molecule has 1 saturated heterocycles. The second-order valence-electron chi connectivity index (χ2n) is 5.26. The first kappa shape index (κ1) is 13.9. The maximum atomic E-state index is 12.2. The third-order valence-electron chi connectivity index (χ3n) is 3.75. The highest BCUT2D eigenvalue weighted by Gasteiger charge is 2.22. The number of carbonyl (C=O) groups is 1. The van der Waals surface area contributed by atoms with Crippen LogP contribution in [0.25, 0.3) is 0 Å². The minimum Gasteiger partial charge on any atom is -0.394 e. The van der Waals surface area contributed by atoms with E-state index in [2.05, 4.69) is 12.2 Å². The van der Waals surface area contributed by atoms with Gasteiger partial charge in [0.2, 0.25) is 0 Å². The molecule has 4 nitrogen and oxygen atoms in total. The Kier molecular flexibility index (Phi) is 4.80. The van der Waals surface area contributed by atoms with Crippen LogP contribution in [0.1, 0.15) is 31.4 Å². The van der Waals surface area contributed by atoms with Crippen LogP contribution in [0.2, 0.25) is 0 Å². The zero-order chi connectivity index (χ0) is 13.7. The summed E-state index contributed by atoms with van der Waals surface area (Å²) in [7, 11) is 0. The molecule has 0 radical (unpaired) electrons. The van der Waals surface area contributed by atoms with Gasteiger partial charge in [-0.3, -0.25) is 0 Å². The first-order valence-corrected chi connectivity index (χ1v) is 6.92. The molecular formula is C15H22N2O2. The summed E-state index contributed by atoms with van der Waals surface area (Å²) in [6, 6.07) is 9.17. The van der Waals surface area contributed by atoms with E-state index in [1.54, 1.807) is 0 Å². The number of aliphatic hydroxyl groups is 1. The van der Waals surface area contributed by atoms with Crippen molar-refractivity contribution in [1.82, 2.24) is 10.2 Å². The smallest absolute Gasteiger partial charge is 0.317 e. The van der Waals surface area contributed by atoms with Crippen molar-refractivity contribution in [3.63, 3.8) is 0 Å². The lowest BCUT2D eigenvalue weighted by Gasteiger charge is -2.31. The summed E-state index contributed by atoms with van der Waals surface area (Å²) < 4.78 is 0. The second-order valence-corrected chi connectivity index (χ2v) is 5.26. The van der Waals surface area contributed by atoms with Crippen molar-refractivity contribution < 1.29 is 9.90 Å². The van der Waals surface area contributed by atoms with Gasteiger partial charge in [0.15, 0.2) is 0 Å². The summed E-state index contributed by atoms with van der Waals surface area (Å²) in [6.07, 6.45) is 2.12. The van der Waals surface area contributed by atoms with E-state index >= 15 is 0 Å². The monoisotopic (exact) mass is 262 g/mol. The maximum Gasteiger partial charge on any atom is 0.317 e. The average molecular weight is 262 g/mol. The summed E-state index contributed by atoms with van der Waals surface area (Å²) in [5.74, 6) is 0.701. The molecule has 2 amide bonds. The molecule has 1 unspecified atom stereocenters. The highest BCUT2D eigenvalue weighted by atomic mass is 16.3. The predicted octanol–water partition coefficient (Wildman–Crippen LogP) is 2.16. The van der Waals surface area contributed by atoms with Crippen LogP contribution in [0.3, 0.4) is 0 Å². The Balaban J connectivity index is 1.93. The first-order chi connectivity index (χ1) is 9.20. The maximum absolute atomic E-state index is 12.2. The summed E-state index contributed by atoms with van der Waals surface area (Å²) in [6.45, 7) is 3.75. The fourth-order valence-corrected chi connectivity index (χ4v) is 2.37. The van der Waals surface area contributed by atoms with Crippen molar-refractivity contribution in [2.75, 3.05) is 19.7 Å². The number of carbonyl (C=O) groups excluding carboxylic acids is 1. The molecule has 1 fully saturated rings. The molecule has 2 rings (SSSR count). The Labute approximate surface area is 114 Å². The largest absolute Gasteiger partial charge is 0.394 e. The Morgan fingerprint density at radius 1 is 1.37 bits per heavy atom. The van der Waals surface area contributed by atoms with Gasteiger partial charge in [-0.1, -0.05) is 37.3 Å². The van der Waals surface area contributed by atoms with Crippen LogP contribution in [0.15, 0.2) is 30.3 Å².